The maximum absolute atomic E-state index is 6.69. The van der Waals surface area contributed by atoms with Gasteiger partial charge in [-0.25, -0.2) is 0 Å². The van der Waals surface area contributed by atoms with Crippen LogP contribution in [0.1, 0.15) is 38.8 Å². The topological polar surface area (TPSA) is 64.6 Å². The van der Waals surface area contributed by atoms with E-state index in [4.69, 9.17) is 33.2 Å². The summed E-state index contributed by atoms with van der Waals surface area (Å²) in [6, 6.07) is 17.9. The molecule has 7 nitrogen and oxygen atoms in total. The highest BCUT2D eigenvalue weighted by atomic mass is 16.9. The summed E-state index contributed by atoms with van der Waals surface area (Å²) in [6.45, 7) is 8.21. The Bertz CT molecular complexity index is 1100. The van der Waals surface area contributed by atoms with Gasteiger partial charge in [0.1, 0.15) is 18.0 Å². The van der Waals surface area contributed by atoms with Crippen LogP contribution in [-0.2, 0) is 41.4 Å². The van der Waals surface area contributed by atoms with Crippen LogP contribution in [0.4, 0.5) is 0 Å². The summed E-state index contributed by atoms with van der Waals surface area (Å²) in [5.74, 6) is 6.03. The molecule has 3 aliphatic heterocycles. The maximum Gasteiger partial charge on any atom is 0.191 e. The Kier molecular flexibility index (Phi) is 6.86. The van der Waals surface area contributed by atoms with E-state index in [-0.39, 0.29) is 0 Å². The maximum atomic E-state index is 6.69. The molecule has 3 heterocycles. The molecule has 7 heteroatoms. The minimum atomic E-state index is -1.13. The van der Waals surface area contributed by atoms with E-state index in [1.54, 1.807) is 7.11 Å². The van der Waals surface area contributed by atoms with Crippen molar-refractivity contribution in [3.8, 4) is 17.6 Å². The van der Waals surface area contributed by atoms with E-state index in [1.807, 2.05) is 82.3 Å². The zero-order chi connectivity index (χ0) is 25.4. The van der Waals surface area contributed by atoms with Crippen LogP contribution < -0.4 is 4.74 Å². The number of benzene rings is 2. The molecular weight excluding hydrogens is 460 g/mol. The molecule has 3 fully saturated rings. The number of hydrogen-bond acceptors (Lipinski definition) is 7. The van der Waals surface area contributed by atoms with Crippen molar-refractivity contribution in [2.75, 3.05) is 13.7 Å². The molecule has 5 rings (SSSR count). The largest absolute Gasteiger partial charge is 0.497 e. The van der Waals surface area contributed by atoms with Gasteiger partial charge in [-0.1, -0.05) is 54.3 Å². The molecule has 0 aliphatic carbocycles. The van der Waals surface area contributed by atoms with Gasteiger partial charge in [0.25, 0.3) is 0 Å². The first kappa shape index (κ1) is 25.2. The van der Waals surface area contributed by atoms with Crippen LogP contribution in [0.25, 0.3) is 0 Å². The van der Waals surface area contributed by atoms with Crippen molar-refractivity contribution in [1.29, 1.82) is 0 Å². The van der Waals surface area contributed by atoms with Gasteiger partial charge in [0.05, 0.1) is 20.3 Å². The molecule has 0 bridgehead atoms. The lowest BCUT2D eigenvalue weighted by Crippen LogP contribution is -2.55. The lowest BCUT2D eigenvalue weighted by atomic mass is 9.88. The van der Waals surface area contributed by atoms with E-state index in [0.717, 1.165) is 16.9 Å². The van der Waals surface area contributed by atoms with Crippen molar-refractivity contribution in [2.45, 2.75) is 82.5 Å². The van der Waals surface area contributed by atoms with Crippen LogP contribution in [0.3, 0.4) is 0 Å². The number of hydrogen-bond donors (Lipinski definition) is 0. The molecular formula is C29H34O7. The van der Waals surface area contributed by atoms with Crippen molar-refractivity contribution in [3.63, 3.8) is 0 Å². The monoisotopic (exact) mass is 494 g/mol. The first-order chi connectivity index (χ1) is 17.2. The Balaban J connectivity index is 1.49. The Morgan fingerprint density at radius 1 is 0.861 bits per heavy atom. The van der Waals surface area contributed by atoms with Crippen molar-refractivity contribution in [1.82, 2.24) is 0 Å². The van der Waals surface area contributed by atoms with E-state index in [0.29, 0.717) is 19.6 Å². The standard InChI is InChI=1S/C29H34O7/c1-27(2)31-19-23(34-27)24-29(32-18-21-10-7-6-8-11-21,25-26(33-24)36-28(3,4)35-25)17-9-12-20-13-15-22(30-5)16-14-20/h6-8,10-11,13-16,23-26H,12,18-19H2,1-5H3/t23-,24-,25+,26-,29-/m1/s1. The van der Waals surface area contributed by atoms with Gasteiger partial charge < -0.3 is 33.2 Å². The second-order valence-corrected chi connectivity index (χ2v) is 10.2. The number of methoxy groups -OCH3 is 1. The van der Waals surface area contributed by atoms with Crippen LogP contribution in [0, 0.1) is 11.8 Å². The summed E-state index contributed by atoms with van der Waals surface area (Å²) in [5, 5.41) is 0. The molecule has 0 amide bonds. The van der Waals surface area contributed by atoms with E-state index >= 15 is 0 Å². The fourth-order valence-corrected chi connectivity index (χ4v) is 4.90. The Labute approximate surface area is 212 Å². The van der Waals surface area contributed by atoms with Crippen LogP contribution in [0.15, 0.2) is 54.6 Å². The zero-order valence-corrected chi connectivity index (χ0v) is 21.5. The molecule has 3 saturated heterocycles. The van der Waals surface area contributed by atoms with Crippen LogP contribution >= 0.6 is 0 Å². The average Bonchev–Trinajstić information content (AvgIpc) is 3.47. The van der Waals surface area contributed by atoms with E-state index in [9.17, 15) is 0 Å². The molecule has 5 atom stereocenters. The number of fused-ring (bicyclic) bond motifs is 1. The van der Waals surface area contributed by atoms with Crippen LogP contribution in [-0.4, -0.2) is 55.5 Å². The normalized spacial score (nSPS) is 32.0. The van der Waals surface area contributed by atoms with Gasteiger partial charge in [0.2, 0.25) is 0 Å². The molecule has 2 aromatic carbocycles. The highest BCUT2D eigenvalue weighted by molar-refractivity contribution is 5.33. The molecule has 0 saturated carbocycles. The second-order valence-electron chi connectivity index (χ2n) is 10.2. The highest BCUT2D eigenvalue weighted by Gasteiger charge is 2.67. The van der Waals surface area contributed by atoms with Crippen LogP contribution in [0.2, 0.25) is 0 Å². The Morgan fingerprint density at radius 2 is 1.61 bits per heavy atom. The summed E-state index contributed by atoms with van der Waals surface area (Å²) in [7, 11) is 1.65. The van der Waals surface area contributed by atoms with Gasteiger partial charge in [0.15, 0.2) is 29.6 Å². The molecule has 0 radical (unpaired) electrons. The van der Waals surface area contributed by atoms with E-state index in [1.165, 1.54) is 0 Å². The first-order valence-corrected chi connectivity index (χ1v) is 12.3. The average molecular weight is 495 g/mol. The summed E-state index contributed by atoms with van der Waals surface area (Å²) in [6.07, 6.45) is -1.63. The van der Waals surface area contributed by atoms with Gasteiger partial charge in [-0.2, -0.15) is 0 Å². The summed E-state index contributed by atoms with van der Waals surface area (Å²) < 4.78 is 43.0. The van der Waals surface area contributed by atoms with Gasteiger partial charge in [-0.3, -0.25) is 0 Å². The third kappa shape index (κ3) is 5.16. The van der Waals surface area contributed by atoms with E-state index in [2.05, 4.69) is 11.8 Å². The van der Waals surface area contributed by atoms with Gasteiger partial charge in [0, 0.05) is 6.42 Å². The second kappa shape index (κ2) is 9.79. The highest BCUT2D eigenvalue weighted by Crippen LogP contribution is 2.48. The quantitative estimate of drug-likeness (QED) is 0.557. The SMILES string of the molecule is COc1ccc(CC#C[C@@]2(OCc3ccccc3)[C@@H]([C@H]3COC(C)(C)O3)O[C@@H]3OC(C)(C)O[C@@H]32)cc1. The third-order valence-corrected chi connectivity index (χ3v) is 6.61. The molecule has 3 aliphatic rings. The van der Waals surface area contributed by atoms with E-state index < -0.39 is 41.8 Å². The number of ether oxygens (including phenoxy) is 7. The lowest BCUT2D eigenvalue weighted by Gasteiger charge is -2.36. The fraction of sp³-hybridized carbons (Fsp3) is 0.517. The van der Waals surface area contributed by atoms with Crippen LogP contribution in [0.5, 0.6) is 5.75 Å². The van der Waals surface area contributed by atoms with Crippen molar-refractivity contribution < 1.29 is 33.2 Å². The molecule has 0 spiro atoms. The third-order valence-electron chi connectivity index (χ3n) is 6.61. The fourth-order valence-electron chi connectivity index (χ4n) is 4.90. The molecule has 0 unspecified atom stereocenters. The number of rotatable bonds is 6. The van der Waals surface area contributed by atoms with Gasteiger partial charge >= 0.3 is 0 Å². The molecule has 2 aromatic rings. The van der Waals surface area contributed by atoms with Crippen molar-refractivity contribution in [3.05, 3.63) is 65.7 Å². The van der Waals surface area contributed by atoms with Crippen molar-refractivity contribution >= 4 is 0 Å². The first-order valence-electron chi connectivity index (χ1n) is 12.3. The summed E-state index contributed by atoms with van der Waals surface area (Å²) in [5.41, 5.74) is 0.965. The van der Waals surface area contributed by atoms with Gasteiger partial charge in [-0.05, 0) is 51.0 Å². The summed E-state index contributed by atoms with van der Waals surface area (Å²) in [4.78, 5) is 0. The minimum absolute atomic E-state index is 0.335. The van der Waals surface area contributed by atoms with Gasteiger partial charge in [-0.15, -0.1) is 0 Å². The smallest absolute Gasteiger partial charge is 0.191 e. The minimum Gasteiger partial charge on any atom is -0.497 e. The Morgan fingerprint density at radius 3 is 2.28 bits per heavy atom. The van der Waals surface area contributed by atoms with Crippen molar-refractivity contribution in [2.24, 2.45) is 0 Å². The molecule has 0 N–H and O–H groups in total. The zero-order valence-electron chi connectivity index (χ0n) is 21.5. The predicted octanol–water partition coefficient (Wildman–Crippen LogP) is 4.22. The predicted molar refractivity (Wildman–Crippen MR) is 132 cm³/mol. The Hall–Kier alpha value is -2.44. The summed E-state index contributed by atoms with van der Waals surface area (Å²) >= 11 is 0. The molecule has 192 valence electrons. The lowest BCUT2D eigenvalue weighted by molar-refractivity contribution is -0.247. The molecule has 0 aromatic heterocycles. The molecule has 36 heavy (non-hydrogen) atoms.